The van der Waals surface area contributed by atoms with Crippen molar-refractivity contribution in [1.29, 1.82) is 0 Å². The van der Waals surface area contributed by atoms with E-state index in [0.29, 0.717) is 0 Å². The van der Waals surface area contributed by atoms with Crippen LogP contribution >= 0.6 is 15.9 Å². The van der Waals surface area contributed by atoms with Crippen LogP contribution in [0.3, 0.4) is 0 Å². The lowest BCUT2D eigenvalue weighted by Crippen LogP contribution is -2.19. The molecule has 0 aliphatic heterocycles. The fraction of sp³-hybridized carbons (Fsp3) is 0.444. The first kappa shape index (κ1) is 13.2. The minimum atomic E-state index is -4.47. The molecule has 0 saturated carbocycles. The van der Waals surface area contributed by atoms with E-state index in [1.165, 1.54) is 13.1 Å². The van der Waals surface area contributed by atoms with Gasteiger partial charge in [0, 0.05) is 17.2 Å². The summed E-state index contributed by atoms with van der Waals surface area (Å²) in [5.74, 6) is -0.281. The van der Waals surface area contributed by atoms with E-state index in [-0.39, 0.29) is 16.8 Å². The van der Waals surface area contributed by atoms with E-state index >= 15 is 0 Å². The van der Waals surface area contributed by atoms with Crippen molar-refractivity contribution in [1.82, 2.24) is 4.98 Å². The number of alkyl halides is 3. The van der Waals surface area contributed by atoms with Crippen LogP contribution in [0, 0.1) is 0 Å². The molecule has 1 aromatic heterocycles. The molecule has 0 aromatic carbocycles. The Hall–Kier alpha value is -0.820. The van der Waals surface area contributed by atoms with Crippen LogP contribution in [0.4, 0.5) is 19.0 Å². The van der Waals surface area contributed by atoms with Gasteiger partial charge in [-0.3, -0.25) is 0 Å². The maximum absolute atomic E-state index is 12.6. The van der Waals surface area contributed by atoms with E-state index in [2.05, 4.69) is 26.2 Å². The molecule has 16 heavy (non-hydrogen) atoms. The molecule has 0 bridgehead atoms. The Kier molecular flexibility index (Phi) is 4.15. The summed E-state index contributed by atoms with van der Waals surface area (Å²) in [6.45, 7) is 1.48. The van der Waals surface area contributed by atoms with Gasteiger partial charge in [-0.15, -0.1) is 0 Å². The fourth-order valence-electron chi connectivity index (χ4n) is 1.04. The maximum Gasteiger partial charge on any atom is 0.419 e. The highest BCUT2D eigenvalue weighted by Gasteiger charge is 2.34. The Labute approximate surface area is 98.8 Å². The lowest BCUT2D eigenvalue weighted by Gasteiger charge is -2.14. The molecular formula is C9H10BrF3N2O. The molecular weight excluding hydrogens is 289 g/mol. The Balaban J connectivity index is 2.99. The second-order valence-corrected chi connectivity index (χ2v) is 4.19. The molecule has 0 aliphatic rings. The molecule has 0 spiro atoms. The molecule has 0 fully saturated rings. The number of rotatable bonds is 3. The number of hydrogen-bond donors (Lipinski definition) is 2. The Morgan fingerprint density at radius 3 is 2.69 bits per heavy atom. The lowest BCUT2D eigenvalue weighted by atomic mass is 10.2. The summed E-state index contributed by atoms with van der Waals surface area (Å²) in [5, 5.41) is 11.4. The van der Waals surface area contributed by atoms with Gasteiger partial charge in [-0.2, -0.15) is 13.2 Å². The summed E-state index contributed by atoms with van der Waals surface area (Å²) < 4.78 is 38.0. The highest BCUT2D eigenvalue weighted by atomic mass is 79.9. The van der Waals surface area contributed by atoms with Crippen molar-refractivity contribution in [2.45, 2.75) is 19.2 Å². The summed E-state index contributed by atoms with van der Waals surface area (Å²) in [7, 11) is 0. The number of pyridine rings is 1. The van der Waals surface area contributed by atoms with E-state index in [1.807, 2.05) is 0 Å². The first-order valence-electron chi connectivity index (χ1n) is 4.45. The van der Waals surface area contributed by atoms with Crippen LogP contribution in [0.5, 0.6) is 0 Å². The van der Waals surface area contributed by atoms with Crippen LogP contribution in [-0.2, 0) is 6.18 Å². The van der Waals surface area contributed by atoms with Crippen molar-refractivity contribution in [3.63, 3.8) is 0 Å². The summed E-state index contributed by atoms with van der Waals surface area (Å²) in [5.41, 5.74) is -0.859. The third-order valence-corrected chi connectivity index (χ3v) is 2.16. The summed E-state index contributed by atoms with van der Waals surface area (Å²) in [6.07, 6.45) is -3.95. The fourth-order valence-corrected chi connectivity index (χ4v) is 1.37. The number of nitrogens with zero attached hydrogens (tertiary/aromatic N) is 1. The zero-order valence-corrected chi connectivity index (χ0v) is 9.93. The summed E-state index contributed by atoms with van der Waals surface area (Å²) in [6, 6.07) is 0.942. The topological polar surface area (TPSA) is 45.1 Å². The van der Waals surface area contributed by atoms with Gasteiger partial charge in [0.2, 0.25) is 0 Å². The van der Waals surface area contributed by atoms with Gasteiger partial charge in [-0.25, -0.2) is 4.98 Å². The predicted octanol–water partition coefficient (Wildman–Crippen LogP) is 2.66. The van der Waals surface area contributed by atoms with Crippen molar-refractivity contribution >= 4 is 21.7 Å². The monoisotopic (exact) mass is 298 g/mol. The number of anilines is 1. The van der Waals surface area contributed by atoms with Crippen LogP contribution in [0.2, 0.25) is 0 Å². The van der Waals surface area contributed by atoms with Crippen molar-refractivity contribution in [3.8, 4) is 0 Å². The Morgan fingerprint density at radius 2 is 2.19 bits per heavy atom. The van der Waals surface area contributed by atoms with Crippen LogP contribution < -0.4 is 5.32 Å². The maximum atomic E-state index is 12.6. The molecule has 1 rings (SSSR count). The molecule has 1 unspecified atom stereocenters. The molecule has 0 aliphatic carbocycles. The molecule has 1 atom stereocenters. The molecule has 90 valence electrons. The number of aliphatic hydroxyl groups is 1. The number of halogens is 4. The highest BCUT2D eigenvalue weighted by molar-refractivity contribution is 9.10. The minimum absolute atomic E-state index is 0.0116. The van der Waals surface area contributed by atoms with Crippen molar-refractivity contribution in [3.05, 3.63) is 22.3 Å². The lowest BCUT2D eigenvalue weighted by molar-refractivity contribution is -0.137. The zero-order chi connectivity index (χ0) is 12.3. The van der Waals surface area contributed by atoms with Crippen LogP contribution in [0.25, 0.3) is 0 Å². The van der Waals surface area contributed by atoms with Gasteiger partial charge >= 0.3 is 6.18 Å². The predicted molar refractivity (Wildman–Crippen MR) is 57.1 cm³/mol. The second kappa shape index (κ2) is 5.01. The van der Waals surface area contributed by atoms with E-state index < -0.39 is 17.8 Å². The van der Waals surface area contributed by atoms with E-state index in [1.54, 1.807) is 0 Å². The number of aromatic nitrogens is 1. The van der Waals surface area contributed by atoms with Gasteiger partial charge in [0.1, 0.15) is 5.82 Å². The standard InChI is InChI=1S/C9H10BrF3N2O/c1-5(16)3-14-8-7(9(11,12)13)2-6(10)4-15-8/h2,4-5,16H,3H2,1H3,(H,14,15). The largest absolute Gasteiger partial charge is 0.419 e. The van der Waals surface area contributed by atoms with Gasteiger partial charge < -0.3 is 10.4 Å². The van der Waals surface area contributed by atoms with Crippen molar-refractivity contribution in [2.75, 3.05) is 11.9 Å². The number of nitrogens with one attached hydrogen (secondary N) is 1. The molecule has 0 amide bonds. The quantitative estimate of drug-likeness (QED) is 0.902. The third-order valence-electron chi connectivity index (χ3n) is 1.72. The van der Waals surface area contributed by atoms with E-state index in [4.69, 9.17) is 5.11 Å². The van der Waals surface area contributed by atoms with Gasteiger partial charge in [-0.1, -0.05) is 0 Å². The molecule has 1 aromatic rings. The summed E-state index contributed by atoms with van der Waals surface area (Å²) >= 11 is 2.93. The number of aliphatic hydroxyl groups excluding tert-OH is 1. The third kappa shape index (κ3) is 3.64. The smallest absolute Gasteiger partial charge is 0.392 e. The summed E-state index contributed by atoms with van der Waals surface area (Å²) in [4.78, 5) is 3.63. The van der Waals surface area contributed by atoms with Gasteiger partial charge in [-0.05, 0) is 28.9 Å². The first-order valence-corrected chi connectivity index (χ1v) is 5.24. The van der Waals surface area contributed by atoms with Crippen LogP contribution in [0.1, 0.15) is 12.5 Å². The molecule has 1 heterocycles. The van der Waals surface area contributed by atoms with E-state index in [9.17, 15) is 13.2 Å². The van der Waals surface area contributed by atoms with Crippen LogP contribution in [0.15, 0.2) is 16.7 Å². The SMILES string of the molecule is CC(O)CNc1ncc(Br)cc1C(F)(F)F. The molecule has 0 saturated heterocycles. The molecule has 2 N–H and O–H groups in total. The van der Waals surface area contributed by atoms with Crippen molar-refractivity contribution in [2.24, 2.45) is 0 Å². The van der Waals surface area contributed by atoms with Gasteiger partial charge in [0.25, 0.3) is 0 Å². The van der Waals surface area contributed by atoms with E-state index in [0.717, 1.165) is 6.07 Å². The highest BCUT2D eigenvalue weighted by Crippen LogP contribution is 2.35. The Morgan fingerprint density at radius 1 is 1.56 bits per heavy atom. The van der Waals surface area contributed by atoms with Crippen molar-refractivity contribution < 1.29 is 18.3 Å². The average Bonchev–Trinajstić information content (AvgIpc) is 2.14. The second-order valence-electron chi connectivity index (χ2n) is 3.28. The van der Waals surface area contributed by atoms with Gasteiger partial charge in [0.05, 0.1) is 11.7 Å². The normalized spacial score (nSPS) is 13.6. The molecule has 0 radical (unpaired) electrons. The average molecular weight is 299 g/mol. The number of hydrogen-bond acceptors (Lipinski definition) is 3. The first-order chi connectivity index (χ1) is 7.30. The molecule has 7 heteroatoms. The van der Waals surface area contributed by atoms with Crippen LogP contribution in [-0.4, -0.2) is 22.7 Å². The Bertz CT molecular complexity index is 368. The van der Waals surface area contributed by atoms with Gasteiger partial charge in [0.15, 0.2) is 0 Å². The minimum Gasteiger partial charge on any atom is -0.392 e. The zero-order valence-electron chi connectivity index (χ0n) is 8.35. The molecule has 3 nitrogen and oxygen atoms in total.